The van der Waals surface area contributed by atoms with E-state index in [4.69, 9.17) is 11.6 Å². The third-order valence-electron chi connectivity index (χ3n) is 2.39. The van der Waals surface area contributed by atoms with Gasteiger partial charge in [0.05, 0.1) is 4.88 Å². The first-order chi connectivity index (χ1) is 8.31. The van der Waals surface area contributed by atoms with Crippen molar-refractivity contribution in [1.82, 2.24) is 14.9 Å². The first kappa shape index (κ1) is 12.5. The zero-order chi connectivity index (χ0) is 12.1. The van der Waals surface area contributed by atoms with Gasteiger partial charge < -0.3 is 5.32 Å². The lowest BCUT2D eigenvalue weighted by atomic mass is 10.1. The number of benzene rings is 1. The van der Waals surface area contributed by atoms with Crippen molar-refractivity contribution < 1.29 is 0 Å². The highest BCUT2D eigenvalue weighted by molar-refractivity contribution is 7.05. The molecule has 0 radical (unpaired) electrons. The molecule has 0 amide bonds. The molecule has 0 aliphatic heterocycles. The summed E-state index contributed by atoms with van der Waals surface area (Å²) >= 11 is 7.31. The maximum Gasteiger partial charge on any atom is 0.110 e. The predicted molar refractivity (Wildman–Crippen MR) is 72.4 cm³/mol. The van der Waals surface area contributed by atoms with Crippen LogP contribution in [0.2, 0.25) is 5.02 Å². The second-order valence-corrected chi connectivity index (χ2v) is 5.00. The van der Waals surface area contributed by atoms with Gasteiger partial charge in [-0.05, 0) is 36.6 Å². The Morgan fingerprint density at radius 1 is 1.29 bits per heavy atom. The Hall–Kier alpha value is -0.970. The summed E-state index contributed by atoms with van der Waals surface area (Å²) < 4.78 is 4.02. The summed E-state index contributed by atoms with van der Waals surface area (Å²) in [4.78, 5) is 1.17. The van der Waals surface area contributed by atoms with Gasteiger partial charge in [0, 0.05) is 17.1 Å². The van der Waals surface area contributed by atoms with Crippen molar-refractivity contribution in [2.24, 2.45) is 0 Å². The smallest absolute Gasteiger partial charge is 0.110 e. The lowest BCUT2D eigenvalue weighted by Crippen LogP contribution is -2.13. The molecule has 1 aromatic carbocycles. The minimum Gasteiger partial charge on any atom is -0.312 e. The lowest BCUT2D eigenvalue weighted by molar-refractivity contribution is 0.681. The van der Waals surface area contributed by atoms with E-state index in [1.807, 2.05) is 24.3 Å². The van der Waals surface area contributed by atoms with Crippen molar-refractivity contribution in [2.75, 3.05) is 6.54 Å². The number of hydrogen-bond acceptors (Lipinski definition) is 4. The normalized spacial score (nSPS) is 10.7. The zero-order valence-electron chi connectivity index (χ0n) is 9.61. The van der Waals surface area contributed by atoms with Crippen LogP contribution < -0.4 is 5.32 Å². The standard InChI is InChI=1S/C12H14ClN3S/c1-2-7-14-8-11-12(15-16-17-11)9-3-5-10(13)6-4-9/h3-6,14H,2,7-8H2,1H3. The van der Waals surface area contributed by atoms with Crippen molar-refractivity contribution in [1.29, 1.82) is 0 Å². The molecule has 0 fully saturated rings. The molecule has 0 spiro atoms. The van der Waals surface area contributed by atoms with Gasteiger partial charge in [-0.25, -0.2) is 0 Å². The molecule has 90 valence electrons. The fourth-order valence-electron chi connectivity index (χ4n) is 1.53. The number of rotatable bonds is 5. The molecule has 1 aromatic heterocycles. The second kappa shape index (κ2) is 6.10. The van der Waals surface area contributed by atoms with Gasteiger partial charge in [-0.1, -0.05) is 35.1 Å². The topological polar surface area (TPSA) is 37.8 Å². The Bertz CT molecular complexity index is 467. The van der Waals surface area contributed by atoms with Crippen LogP contribution in [-0.2, 0) is 6.54 Å². The Morgan fingerprint density at radius 2 is 2.06 bits per heavy atom. The highest BCUT2D eigenvalue weighted by Gasteiger charge is 2.09. The monoisotopic (exact) mass is 267 g/mol. The van der Waals surface area contributed by atoms with Crippen molar-refractivity contribution in [3.05, 3.63) is 34.2 Å². The zero-order valence-corrected chi connectivity index (χ0v) is 11.2. The quantitative estimate of drug-likeness (QED) is 0.844. The van der Waals surface area contributed by atoms with Crippen LogP contribution in [0.1, 0.15) is 18.2 Å². The molecule has 5 heteroatoms. The molecular formula is C12H14ClN3S. The minimum absolute atomic E-state index is 0.739. The molecule has 0 bridgehead atoms. The van der Waals surface area contributed by atoms with Crippen LogP contribution in [0.25, 0.3) is 11.3 Å². The first-order valence-corrected chi connectivity index (χ1v) is 6.74. The van der Waals surface area contributed by atoms with Crippen molar-refractivity contribution >= 4 is 23.1 Å². The van der Waals surface area contributed by atoms with E-state index >= 15 is 0 Å². The fraction of sp³-hybridized carbons (Fsp3) is 0.333. The van der Waals surface area contributed by atoms with Gasteiger partial charge in [0.2, 0.25) is 0 Å². The molecule has 0 aliphatic carbocycles. The van der Waals surface area contributed by atoms with Gasteiger partial charge in [-0.15, -0.1) is 5.10 Å². The first-order valence-electron chi connectivity index (χ1n) is 5.59. The van der Waals surface area contributed by atoms with E-state index in [-0.39, 0.29) is 0 Å². The van der Waals surface area contributed by atoms with Gasteiger partial charge in [0.15, 0.2) is 0 Å². The molecule has 1 heterocycles. The van der Waals surface area contributed by atoms with Gasteiger partial charge >= 0.3 is 0 Å². The third-order valence-corrected chi connectivity index (χ3v) is 3.36. The molecule has 2 rings (SSSR count). The summed E-state index contributed by atoms with van der Waals surface area (Å²) in [6.07, 6.45) is 1.13. The van der Waals surface area contributed by atoms with E-state index in [0.29, 0.717) is 0 Å². The summed E-state index contributed by atoms with van der Waals surface area (Å²) in [6.45, 7) is 3.99. The van der Waals surface area contributed by atoms with Crippen LogP contribution >= 0.6 is 23.1 Å². The average molecular weight is 268 g/mol. The summed E-state index contributed by atoms with van der Waals surface area (Å²) in [6, 6.07) is 7.70. The van der Waals surface area contributed by atoms with Gasteiger partial charge in [0.25, 0.3) is 0 Å². The van der Waals surface area contributed by atoms with E-state index in [2.05, 4.69) is 21.8 Å². The molecule has 1 N–H and O–H groups in total. The van der Waals surface area contributed by atoms with Crippen molar-refractivity contribution in [2.45, 2.75) is 19.9 Å². The number of aromatic nitrogens is 2. The Labute approximate surface area is 110 Å². The van der Waals surface area contributed by atoms with Crippen LogP contribution in [0.15, 0.2) is 24.3 Å². The predicted octanol–water partition coefficient (Wildman–Crippen LogP) is 3.36. The molecular weight excluding hydrogens is 254 g/mol. The van der Waals surface area contributed by atoms with E-state index in [1.54, 1.807) is 0 Å². The summed E-state index contributed by atoms with van der Waals surface area (Å²) in [7, 11) is 0. The summed E-state index contributed by atoms with van der Waals surface area (Å²) in [5, 5.41) is 8.28. The van der Waals surface area contributed by atoms with E-state index in [0.717, 1.165) is 35.8 Å². The molecule has 0 aliphatic rings. The number of nitrogens with zero attached hydrogens (tertiary/aromatic N) is 2. The fourth-order valence-corrected chi connectivity index (χ4v) is 2.29. The molecule has 0 atom stereocenters. The SMILES string of the molecule is CCCNCc1snnc1-c1ccc(Cl)cc1. The summed E-state index contributed by atoms with van der Waals surface area (Å²) in [5.74, 6) is 0. The number of halogens is 1. The van der Waals surface area contributed by atoms with Gasteiger partial charge in [-0.2, -0.15) is 0 Å². The molecule has 0 saturated heterocycles. The van der Waals surface area contributed by atoms with E-state index in [1.165, 1.54) is 16.4 Å². The second-order valence-electron chi connectivity index (χ2n) is 3.73. The Morgan fingerprint density at radius 3 is 2.76 bits per heavy atom. The van der Waals surface area contributed by atoms with Crippen molar-refractivity contribution in [3.63, 3.8) is 0 Å². The van der Waals surface area contributed by atoms with Crippen molar-refractivity contribution in [3.8, 4) is 11.3 Å². The Balaban J connectivity index is 2.15. The minimum atomic E-state index is 0.739. The molecule has 3 nitrogen and oxygen atoms in total. The van der Waals surface area contributed by atoms with Gasteiger partial charge in [0.1, 0.15) is 5.69 Å². The largest absolute Gasteiger partial charge is 0.312 e. The van der Waals surface area contributed by atoms with Crippen LogP contribution in [0.3, 0.4) is 0 Å². The van der Waals surface area contributed by atoms with Crippen LogP contribution in [0, 0.1) is 0 Å². The average Bonchev–Trinajstić information content (AvgIpc) is 2.79. The van der Waals surface area contributed by atoms with Crippen LogP contribution in [0.5, 0.6) is 0 Å². The maximum absolute atomic E-state index is 5.87. The summed E-state index contributed by atoms with van der Waals surface area (Å²) in [5.41, 5.74) is 2.02. The Kier molecular flexibility index (Phi) is 4.48. The lowest BCUT2D eigenvalue weighted by Gasteiger charge is -2.03. The molecule has 0 unspecified atom stereocenters. The third kappa shape index (κ3) is 3.25. The highest BCUT2D eigenvalue weighted by Crippen LogP contribution is 2.24. The van der Waals surface area contributed by atoms with Gasteiger partial charge in [-0.3, -0.25) is 0 Å². The number of hydrogen-bond donors (Lipinski definition) is 1. The van der Waals surface area contributed by atoms with E-state index in [9.17, 15) is 0 Å². The molecule has 17 heavy (non-hydrogen) atoms. The maximum atomic E-state index is 5.87. The van der Waals surface area contributed by atoms with Crippen LogP contribution in [0.4, 0.5) is 0 Å². The van der Waals surface area contributed by atoms with Crippen LogP contribution in [-0.4, -0.2) is 16.1 Å². The molecule has 2 aromatic rings. The van der Waals surface area contributed by atoms with E-state index < -0.39 is 0 Å². The number of nitrogens with one attached hydrogen (secondary N) is 1. The molecule has 0 saturated carbocycles. The highest BCUT2D eigenvalue weighted by atomic mass is 35.5.